The lowest BCUT2D eigenvalue weighted by Gasteiger charge is -2.18. The maximum absolute atomic E-state index is 13.1. The molecular formula is C18H18FNO5S. The standard InChI is InChI=1S/C18H18FNO5S/c1-25-17(21)11-16(12-3-7-14(19)8-4-12)20-18(22)13-5-9-15(10-6-13)26(2,23)24/h3-10,16H,11H2,1-2H3,(H,20,22). The van der Waals surface area contributed by atoms with Crippen LogP contribution in [0.4, 0.5) is 4.39 Å². The molecule has 0 saturated carbocycles. The summed E-state index contributed by atoms with van der Waals surface area (Å²) >= 11 is 0. The molecule has 2 aromatic carbocycles. The SMILES string of the molecule is COC(=O)CC(NC(=O)c1ccc(S(C)(=O)=O)cc1)c1ccc(F)cc1. The minimum Gasteiger partial charge on any atom is -0.469 e. The quantitative estimate of drug-likeness (QED) is 0.778. The summed E-state index contributed by atoms with van der Waals surface area (Å²) < 4.78 is 40.7. The fourth-order valence-corrected chi connectivity index (χ4v) is 2.92. The molecule has 26 heavy (non-hydrogen) atoms. The van der Waals surface area contributed by atoms with Crippen molar-refractivity contribution < 1.29 is 27.1 Å². The Bertz CT molecular complexity index is 892. The number of esters is 1. The Kier molecular flexibility index (Phi) is 6.10. The van der Waals surface area contributed by atoms with Crippen LogP contribution in [0.3, 0.4) is 0 Å². The Hall–Kier alpha value is -2.74. The number of carbonyl (C=O) groups excluding carboxylic acids is 2. The molecule has 0 aliphatic rings. The van der Waals surface area contributed by atoms with Gasteiger partial charge in [-0.15, -0.1) is 0 Å². The summed E-state index contributed by atoms with van der Waals surface area (Å²) in [6.45, 7) is 0. The van der Waals surface area contributed by atoms with Gasteiger partial charge in [0, 0.05) is 11.8 Å². The van der Waals surface area contributed by atoms with Crippen molar-refractivity contribution in [3.63, 3.8) is 0 Å². The third kappa shape index (κ3) is 5.13. The summed E-state index contributed by atoms with van der Waals surface area (Å²) in [5, 5.41) is 2.68. The predicted molar refractivity (Wildman–Crippen MR) is 92.8 cm³/mol. The van der Waals surface area contributed by atoms with Gasteiger partial charge in [-0.1, -0.05) is 12.1 Å². The third-order valence-corrected chi connectivity index (χ3v) is 4.85. The molecule has 0 spiro atoms. The van der Waals surface area contributed by atoms with Crippen molar-refractivity contribution >= 4 is 21.7 Å². The molecule has 0 fully saturated rings. The first-order valence-electron chi connectivity index (χ1n) is 7.64. The number of methoxy groups -OCH3 is 1. The van der Waals surface area contributed by atoms with Crippen LogP contribution in [0, 0.1) is 5.82 Å². The van der Waals surface area contributed by atoms with Crippen molar-refractivity contribution in [3.8, 4) is 0 Å². The van der Waals surface area contributed by atoms with Crippen LogP contribution in [-0.2, 0) is 19.4 Å². The van der Waals surface area contributed by atoms with Gasteiger partial charge in [0.1, 0.15) is 5.82 Å². The predicted octanol–water partition coefficient (Wildman–Crippen LogP) is 2.26. The summed E-state index contributed by atoms with van der Waals surface area (Å²) in [5.41, 5.74) is 0.771. The van der Waals surface area contributed by atoms with Gasteiger partial charge in [-0.2, -0.15) is 0 Å². The molecule has 0 radical (unpaired) electrons. The molecule has 0 saturated heterocycles. The van der Waals surface area contributed by atoms with E-state index in [0.717, 1.165) is 6.26 Å². The van der Waals surface area contributed by atoms with E-state index in [9.17, 15) is 22.4 Å². The second-order valence-electron chi connectivity index (χ2n) is 5.65. The number of hydrogen-bond acceptors (Lipinski definition) is 5. The van der Waals surface area contributed by atoms with Gasteiger partial charge < -0.3 is 10.1 Å². The van der Waals surface area contributed by atoms with Crippen molar-refractivity contribution in [1.29, 1.82) is 0 Å². The zero-order valence-electron chi connectivity index (χ0n) is 14.2. The number of sulfone groups is 1. The van der Waals surface area contributed by atoms with Crippen LogP contribution in [0.2, 0.25) is 0 Å². The first-order valence-corrected chi connectivity index (χ1v) is 9.53. The minimum absolute atomic E-state index is 0.0960. The number of ether oxygens (including phenoxy) is 1. The van der Waals surface area contributed by atoms with Crippen LogP contribution in [-0.4, -0.2) is 33.7 Å². The Morgan fingerprint density at radius 1 is 1.08 bits per heavy atom. The number of amides is 1. The highest BCUT2D eigenvalue weighted by Crippen LogP contribution is 2.19. The average molecular weight is 379 g/mol. The van der Waals surface area contributed by atoms with Gasteiger partial charge in [-0.25, -0.2) is 12.8 Å². The highest BCUT2D eigenvalue weighted by molar-refractivity contribution is 7.90. The number of halogens is 1. The van der Waals surface area contributed by atoms with E-state index in [1.807, 2.05) is 0 Å². The average Bonchev–Trinajstić information content (AvgIpc) is 2.61. The topological polar surface area (TPSA) is 89.5 Å². The Morgan fingerprint density at radius 3 is 2.15 bits per heavy atom. The lowest BCUT2D eigenvalue weighted by Crippen LogP contribution is -2.30. The summed E-state index contributed by atoms with van der Waals surface area (Å²) in [6, 6.07) is 10.1. The third-order valence-electron chi connectivity index (χ3n) is 3.72. The molecule has 0 aliphatic carbocycles. The van der Waals surface area contributed by atoms with Gasteiger partial charge in [0.25, 0.3) is 5.91 Å². The Labute approximate surface area is 150 Å². The van der Waals surface area contributed by atoms with Crippen LogP contribution in [0.5, 0.6) is 0 Å². The second-order valence-corrected chi connectivity index (χ2v) is 7.67. The van der Waals surface area contributed by atoms with Crippen molar-refractivity contribution in [2.24, 2.45) is 0 Å². The van der Waals surface area contributed by atoms with Crippen LogP contribution in [0.15, 0.2) is 53.4 Å². The van der Waals surface area contributed by atoms with E-state index in [0.29, 0.717) is 5.56 Å². The van der Waals surface area contributed by atoms with Gasteiger partial charge >= 0.3 is 5.97 Å². The van der Waals surface area contributed by atoms with E-state index >= 15 is 0 Å². The molecule has 1 amide bonds. The molecule has 1 atom stereocenters. The molecule has 2 rings (SSSR count). The van der Waals surface area contributed by atoms with Crippen LogP contribution < -0.4 is 5.32 Å². The van der Waals surface area contributed by atoms with Crippen LogP contribution in [0.1, 0.15) is 28.4 Å². The van der Waals surface area contributed by atoms with E-state index in [1.165, 1.54) is 55.6 Å². The first-order chi connectivity index (χ1) is 12.2. The zero-order valence-corrected chi connectivity index (χ0v) is 15.0. The Morgan fingerprint density at radius 2 is 1.65 bits per heavy atom. The van der Waals surface area contributed by atoms with Gasteiger partial charge in [-0.05, 0) is 42.0 Å². The maximum Gasteiger partial charge on any atom is 0.307 e. The van der Waals surface area contributed by atoms with E-state index in [-0.39, 0.29) is 16.9 Å². The normalized spacial score (nSPS) is 12.3. The second kappa shape index (κ2) is 8.09. The number of nitrogens with one attached hydrogen (secondary N) is 1. The monoisotopic (exact) mass is 379 g/mol. The van der Waals surface area contributed by atoms with Gasteiger partial charge in [0.15, 0.2) is 9.84 Å². The molecule has 138 valence electrons. The highest BCUT2D eigenvalue weighted by Gasteiger charge is 2.20. The first kappa shape index (κ1) is 19.6. The van der Waals surface area contributed by atoms with E-state index < -0.39 is 33.6 Å². The van der Waals surface area contributed by atoms with Crippen LogP contribution >= 0.6 is 0 Å². The van der Waals surface area contributed by atoms with Crippen molar-refractivity contribution in [1.82, 2.24) is 5.32 Å². The molecule has 0 bridgehead atoms. The molecule has 1 N–H and O–H groups in total. The molecule has 0 aliphatic heterocycles. The van der Waals surface area contributed by atoms with Crippen molar-refractivity contribution in [3.05, 3.63) is 65.5 Å². The van der Waals surface area contributed by atoms with Gasteiger partial charge in [0.2, 0.25) is 0 Å². The fourth-order valence-electron chi connectivity index (χ4n) is 2.29. The van der Waals surface area contributed by atoms with E-state index in [1.54, 1.807) is 0 Å². The van der Waals surface area contributed by atoms with Gasteiger partial charge in [0.05, 0.1) is 24.5 Å². The van der Waals surface area contributed by atoms with Crippen molar-refractivity contribution in [2.45, 2.75) is 17.4 Å². The lowest BCUT2D eigenvalue weighted by atomic mass is 10.0. The summed E-state index contributed by atoms with van der Waals surface area (Å²) in [5.74, 6) is -1.47. The number of carbonyl (C=O) groups is 2. The van der Waals surface area contributed by atoms with Crippen LogP contribution in [0.25, 0.3) is 0 Å². The smallest absolute Gasteiger partial charge is 0.307 e. The molecule has 2 aromatic rings. The molecule has 6 nitrogen and oxygen atoms in total. The summed E-state index contributed by atoms with van der Waals surface area (Å²) in [4.78, 5) is 24.2. The maximum atomic E-state index is 13.1. The summed E-state index contributed by atoms with van der Waals surface area (Å²) in [7, 11) is -2.13. The summed E-state index contributed by atoms with van der Waals surface area (Å²) in [6.07, 6.45) is 0.943. The zero-order chi connectivity index (χ0) is 19.3. The minimum atomic E-state index is -3.36. The lowest BCUT2D eigenvalue weighted by molar-refractivity contribution is -0.141. The number of benzene rings is 2. The molecule has 0 aromatic heterocycles. The fraction of sp³-hybridized carbons (Fsp3) is 0.222. The molecule has 8 heteroatoms. The van der Waals surface area contributed by atoms with Crippen molar-refractivity contribution in [2.75, 3.05) is 13.4 Å². The van der Waals surface area contributed by atoms with E-state index in [4.69, 9.17) is 0 Å². The molecule has 0 heterocycles. The highest BCUT2D eigenvalue weighted by atomic mass is 32.2. The van der Waals surface area contributed by atoms with Gasteiger partial charge in [-0.3, -0.25) is 9.59 Å². The number of hydrogen-bond donors (Lipinski definition) is 1. The molecular weight excluding hydrogens is 361 g/mol. The van der Waals surface area contributed by atoms with E-state index in [2.05, 4.69) is 10.1 Å². The molecule has 1 unspecified atom stereocenters. The Balaban J connectivity index is 2.22. The number of rotatable bonds is 6. The largest absolute Gasteiger partial charge is 0.469 e.